The monoisotopic (exact) mass is 323 g/mol. The van der Waals surface area contributed by atoms with Gasteiger partial charge in [0.2, 0.25) is 0 Å². The summed E-state index contributed by atoms with van der Waals surface area (Å²) < 4.78 is 19.5. The lowest BCUT2D eigenvalue weighted by atomic mass is 10.0. The van der Waals surface area contributed by atoms with Crippen molar-refractivity contribution in [2.75, 3.05) is 14.2 Å². The molecule has 1 aliphatic heterocycles. The molecule has 0 saturated carbocycles. The van der Waals surface area contributed by atoms with Crippen molar-refractivity contribution >= 4 is 10.9 Å². The molecule has 0 radical (unpaired) electrons. The molecular formula is C17H22ClNO3. The molecule has 1 aliphatic rings. The van der Waals surface area contributed by atoms with Crippen LogP contribution < -0.4 is 31.2 Å². The van der Waals surface area contributed by atoms with E-state index in [9.17, 15) is 0 Å². The zero-order valence-electron chi connectivity index (χ0n) is 13.6. The van der Waals surface area contributed by atoms with Crippen LogP contribution >= 0.6 is 0 Å². The fraction of sp³-hybridized carbons (Fsp3) is 0.471. The third-order valence-electron chi connectivity index (χ3n) is 4.25. The summed E-state index contributed by atoms with van der Waals surface area (Å²) in [7, 11) is 5.43. The maximum atomic E-state index is 6.18. The zero-order chi connectivity index (χ0) is 15.1. The van der Waals surface area contributed by atoms with Crippen LogP contribution in [-0.4, -0.2) is 20.3 Å². The van der Waals surface area contributed by atoms with Crippen molar-refractivity contribution in [2.24, 2.45) is 13.0 Å². The molecule has 0 bridgehead atoms. The highest BCUT2D eigenvalue weighted by Crippen LogP contribution is 2.41. The quantitative estimate of drug-likeness (QED) is 0.723. The second kappa shape index (κ2) is 6.21. The van der Waals surface area contributed by atoms with Crippen LogP contribution in [0.1, 0.15) is 19.4 Å². The largest absolute Gasteiger partial charge is 1.00 e. The number of pyridine rings is 1. The van der Waals surface area contributed by atoms with Gasteiger partial charge in [-0.3, -0.25) is 0 Å². The first-order valence-electron chi connectivity index (χ1n) is 7.30. The molecular weight excluding hydrogens is 302 g/mol. The summed E-state index contributed by atoms with van der Waals surface area (Å²) in [6.45, 7) is 4.37. The number of hydrogen-bond acceptors (Lipinski definition) is 3. The second-order valence-electron chi connectivity index (χ2n) is 5.84. The zero-order valence-corrected chi connectivity index (χ0v) is 14.4. The predicted octanol–water partition coefficient (Wildman–Crippen LogP) is -0.355. The fourth-order valence-corrected chi connectivity index (χ4v) is 3.10. The van der Waals surface area contributed by atoms with Gasteiger partial charge in [0.05, 0.1) is 19.6 Å². The van der Waals surface area contributed by atoms with E-state index < -0.39 is 0 Å². The normalized spacial score (nSPS) is 16.2. The lowest BCUT2D eigenvalue weighted by molar-refractivity contribution is -0.651. The molecule has 0 N–H and O–H groups in total. The average Bonchev–Trinajstić information content (AvgIpc) is 2.92. The van der Waals surface area contributed by atoms with E-state index in [0.29, 0.717) is 5.92 Å². The number of benzene rings is 1. The summed E-state index contributed by atoms with van der Waals surface area (Å²) in [6.07, 6.45) is 1.08. The van der Waals surface area contributed by atoms with Crippen LogP contribution in [-0.2, 0) is 13.5 Å². The molecule has 120 valence electrons. The van der Waals surface area contributed by atoms with E-state index in [2.05, 4.69) is 24.5 Å². The van der Waals surface area contributed by atoms with Gasteiger partial charge < -0.3 is 26.6 Å². The summed E-state index contributed by atoms with van der Waals surface area (Å²) in [4.78, 5) is 0. The first kappa shape index (κ1) is 16.7. The highest BCUT2D eigenvalue weighted by Gasteiger charge is 2.38. The first-order valence-corrected chi connectivity index (χ1v) is 7.30. The van der Waals surface area contributed by atoms with E-state index in [0.717, 1.165) is 40.3 Å². The van der Waals surface area contributed by atoms with Crippen LogP contribution in [0.15, 0.2) is 18.2 Å². The minimum Gasteiger partial charge on any atom is -1.00 e. The second-order valence-corrected chi connectivity index (χ2v) is 5.84. The number of para-hydroxylation sites is 1. The maximum absolute atomic E-state index is 6.18. The van der Waals surface area contributed by atoms with Crippen molar-refractivity contribution in [3.8, 4) is 17.4 Å². The highest BCUT2D eigenvalue weighted by atomic mass is 35.5. The lowest BCUT2D eigenvalue weighted by Crippen LogP contribution is -3.00. The Morgan fingerprint density at radius 1 is 1.23 bits per heavy atom. The Kier molecular flexibility index (Phi) is 4.71. The Hall–Kier alpha value is -1.68. The van der Waals surface area contributed by atoms with Crippen LogP contribution in [0, 0.1) is 5.92 Å². The van der Waals surface area contributed by atoms with Crippen LogP contribution in [0.3, 0.4) is 0 Å². The van der Waals surface area contributed by atoms with Crippen LogP contribution in [0.25, 0.3) is 10.9 Å². The van der Waals surface area contributed by atoms with Gasteiger partial charge in [-0.25, -0.2) is 0 Å². The maximum Gasteiger partial charge on any atom is 0.375 e. The van der Waals surface area contributed by atoms with Gasteiger partial charge in [0.15, 0.2) is 5.75 Å². The Morgan fingerprint density at radius 2 is 1.95 bits per heavy atom. The molecule has 4 nitrogen and oxygen atoms in total. The van der Waals surface area contributed by atoms with E-state index >= 15 is 0 Å². The van der Waals surface area contributed by atoms with Crippen molar-refractivity contribution in [2.45, 2.75) is 26.4 Å². The van der Waals surface area contributed by atoms with Gasteiger partial charge in [-0.1, -0.05) is 19.9 Å². The molecule has 0 spiro atoms. The van der Waals surface area contributed by atoms with E-state index in [1.807, 2.05) is 19.2 Å². The van der Waals surface area contributed by atoms with Crippen molar-refractivity contribution in [1.82, 2.24) is 0 Å². The summed E-state index contributed by atoms with van der Waals surface area (Å²) in [5.74, 6) is 3.09. The van der Waals surface area contributed by atoms with Gasteiger partial charge in [0.25, 0.3) is 5.52 Å². The molecule has 0 amide bonds. The Bertz CT molecular complexity index is 700. The molecule has 0 saturated heterocycles. The number of nitrogens with zero attached hydrogens (tertiary/aromatic N) is 1. The van der Waals surface area contributed by atoms with Crippen molar-refractivity contribution in [1.29, 1.82) is 0 Å². The topological polar surface area (TPSA) is 31.6 Å². The van der Waals surface area contributed by atoms with Crippen molar-refractivity contribution < 1.29 is 31.2 Å². The number of ether oxygens (including phenoxy) is 3. The van der Waals surface area contributed by atoms with Crippen LogP contribution in [0.4, 0.5) is 0 Å². The minimum atomic E-state index is 0. The fourth-order valence-electron chi connectivity index (χ4n) is 3.10. The number of halogens is 1. The molecule has 1 aromatic heterocycles. The number of methoxy groups -OCH3 is 2. The van der Waals surface area contributed by atoms with Gasteiger partial charge in [0.1, 0.15) is 24.5 Å². The number of aromatic nitrogens is 1. The predicted molar refractivity (Wildman–Crippen MR) is 81.2 cm³/mol. The van der Waals surface area contributed by atoms with Crippen LogP contribution in [0.2, 0.25) is 0 Å². The first-order chi connectivity index (χ1) is 10.1. The summed E-state index contributed by atoms with van der Waals surface area (Å²) in [5, 5.41) is 1.06. The van der Waals surface area contributed by atoms with Gasteiger partial charge in [-0.2, -0.15) is 4.57 Å². The summed E-state index contributed by atoms with van der Waals surface area (Å²) in [5.41, 5.74) is 2.15. The molecule has 1 unspecified atom stereocenters. The summed E-state index contributed by atoms with van der Waals surface area (Å²) >= 11 is 0. The van der Waals surface area contributed by atoms with Gasteiger partial charge >= 0.3 is 5.88 Å². The molecule has 3 rings (SSSR count). The molecule has 0 fully saturated rings. The summed E-state index contributed by atoms with van der Waals surface area (Å²) in [6, 6.07) is 6.02. The average molecular weight is 324 g/mol. The van der Waals surface area contributed by atoms with E-state index in [-0.39, 0.29) is 18.5 Å². The number of fused-ring (bicyclic) bond motifs is 2. The van der Waals surface area contributed by atoms with E-state index in [4.69, 9.17) is 14.2 Å². The molecule has 0 aliphatic carbocycles. The Labute approximate surface area is 137 Å². The Morgan fingerprint density at radius 3 is 2.55 bits per heavy atom. The standard InChI is InChI=1S/C17H22NO3.ClH/c1-10(2)14-9-12-16(20-5)11-7-6-8-13(19-4)15(11)18(3)17(12)21-14;/h6-8,10,14H,9H2,1-5H3;1H/q+1;/p-1. The minimum absolute atomic E-state index is 0. The molecule has 1 aromatic carbocycles. The molecule has 2 heterocycles. The van der Waals surface area contributed by atoms with E-state index in [1.165, 1.54) is 0 Å². The third-order valence-corrected chi connectivity index (χ3v) is 4.25. The highest BCUT2D eigenvalue weighted by molar-refractivity contribution is 5.89. The van der Waals surface area contributed by atoms with Gasteiger partial charge in [-0.05, 0) is 18.1 Å². The van der Waals surface area contributed by atoms with Crippen LogP contribution in [0.5, 0.6) is 17.4 Å². The number of aryl methyl sites for hydroxylation is 1. The van der Waals surface area contributed by atoms with Gasteiger partial charge in [-0.15, -0.1) is 0 Å². The Balaban J connectivity index is 0.00000176. The number of rotatable bonds is 3. The molecule has 22 heavy (non-hydrogen) atoms. The van der Waals surface area contributed by atoms with Gasteiger partial charge in [0, 0.05) is 6.42 Å². The van der Waals surface area contributed by atoms with Crippen molar-refractivity contribution in [3.63, 3.8) is 0 Å². The molecule has 5 heteroatoms. The number of hydrogen-bond donors (Lipinski definition) is 0. The smallest absolute Gasteiger partial charge is 0.375 e. The molecule has 1 atom stereocenters. The van der Waals surface area contributed by atoms with E-state index in [1.54, 1.807) is 14.2 Å². The third kappa shape index (κ3) is 2.35. The van der Waals surface area contributed by atoms with Crippen molar-refractivity contribution in [3.05, 3.63) is 23.8 Å². The molecule has 2 aromatic rings. The lowest BCUT2D eigenvalue weighted by Gasteiger charge is -2.12. The SMILES string of the molecule is COc1c2c([n+](C)c3c(OC)cccc13)OC(C(C)C)C2.[Cl-].